The number of carbonyl (C=O) groups excluding carboxylic acids is 2. The molecular formula is C24H26N6O3. The van der Waals surface area contributed by atoms with Crippen LogP contribution in [0.5, 0.6) is 0 Å². The number of hydrogen-bond donors (Lipinski definition) is 0. The van der Waals surface area contributed by atoms with Crippen LogP contribution in [0.25, 0.3) is 11.4 Å². The molecular weight excluding hydrogens is 420 g/mol. The van der Waals surface area contributed by atoms with E-state index in [0.29, 0.717) is 50.9 Å². The van der Waals surface area contributed by atoms with Gasteiger partial charge in [0.1, 0.15) is 5.82 Å². The number of aromatic nitrogens is 3. The minimum atomic E-state index is -0.287. The molecule has 2 amide bonds. The molecule has 0 N–H and O–H groups in total. The number of amides is 2. The lowest BCUT2D eigenvalue weighted by Crippen LogP contribution is -2.51. The van der Waals surface area contributed by atoms with E-state index in [-0.39, 0.29) is 24.2 Å². The minimum absolute atomic E-state index is 0.00938. The average Bonchev–Trinajstić information content (AvgIpc) is 3.51. The lowest BCUT2D eigenvalue weighted by Gasteiger charge is -2.36. The molecule has 4 heterocycles. The fourth-order valence-corrected chi connectivity index (χ4v) is 4.37. The quantitative estimate of drug-likeness (QED) is 0.594. The number of hydrogen-bond acceptors (Lipinski definition) is 7. The second-order valence-corrected chi connectivity index (χ2v) is 8.32. The molecule has 2 fully saturated rings. The van der Waals surface area contributed by atoms with Crippen LogP contribution in [-0.4, -0.2) is 64.6 Å². The topological polar surface area (TPSA) is 95.7 Å². The first kappa shape index (κ1) is 21.1. The molecule has 2 saturated heterocycles. The number of carbonyl (C=O) groups is 2. The van der Waals surface area contributed by atoms with Crippen LogP contribution in [0.3, 0.4) is 0 Å². The summed E-state index contributed by atoms with van der Waals surface area (Å²) in [5.41, 5.74) is 1.66. The maximum absolute atomic E-state index is 13.1. The Morgan fingerprint density at radius 3 is 2.55 bits per heavy atom. The highest BCUT2D eigenvalue weighted by Crippen LogP contribution is 2.27. The van der Waals surface area contributed by atoms with Crippen molar-refractivity contribution in [3.05, 3.63) is 54.6 Å². The predicted molar refractivity (Wildman–Crippen MR) is 123 cm³/mol. The zero-order chi connectivity index (χ0) is 22.8. The van der Waals surface area contributed by atoms with Gasteiger partial charge in [-0.15, -0.1) is 0 Å². The van der Waals surface area contributed by atoms with Crippen LogP contribution < -0.4 is 9.80 Å². The Labute approximate surface area is 192 Å². The molecule has 1 atom stereocenters. The van der Waals surface area contributed by atoms with Crippen molar-refractivity contribution in [2.75, 3.05) is 42.5 Å². The molecule has 9 nitrogen and oxygen atoms in total. The number of rotatable bonds is 5. The molecule has 0 aliphatic carbocycles. The molecule has 2 aliphatic rings. The highest BCUT2D eigenvalue weighted by molar-refractivity contribution is 6.00. The molecule has 170 valence electrons. The van der Waals surface area contributed by atoms with Gasteiger partial charge >= 0.3 is 0 Å². The van der Waals surface area contributed by atoms with Crippen LogP contribution in [0, 0.1) is 5.92 Å². The third-order valence-electron chi connectivity index (χ3n) is 6.23. The Bertz CT molecular complexity index is 1120. The molecule has 1 aromatic carbocycles. The van der Waals surface area contributed by atoms with Gasteiger partial charge in [0.15, 0.2) is 0 Å². The third kappa shape index (κ3) is 4.30. The van der Waals surface area contributed by atoms with Crippen molar-refractivity contribution in [1.29, 1.82) is 0 Å². The van der Waals surface area contributed by atoms with Gasteiger partial charge in [0, 0.05) is 63.0 Å². The summed E-state index contributed by atoms with van der Waals surface area (Å²) in [6.07, 6.45) is 2.72. The summed E-state index contributed by atoms with van der Waals surface area (Å²) in [6, 6.07) is 13.4. The SMILES string of the molecule is CCc1nc(-c2ccc(N3CCN(C(=O)[C@@H]4CC(=O)N(c5ccccc5)C4)CC3)nc2)no1. The molecule has 33 heavy (non-hydrogen) atoms. The fourth-order valence-electron chi connectivity index (χ4n) is 4.37. The molecule has 0 bridgehead atoms. The van der Waals surface area contributed by atoms with Crippen molar-refractivity contribution in [2.45, 2.75) is 19.8 Å². The molecule has 5 rings (SSSR count). The molecule has 0 radical (unpaired) electrons. The van der Waals surface area contributed by atoms with E-state index in [1.165, 1.54) is 0 Å². The zero-order valence-corrected chi connectivity index (χ0v) is 18.6. The minimum Gasteiger partial charge on any atom is -0.353 e. The van der Waals surface area contributed by atoms with Crippen LogP contribution in [0.15, 0.2) is 53.2 Å². The van der Waals surface area contributed by atoms with Gasteiger partial charge < -0.3 is 19.2 Å². The number of aryl methyl sites for hydroxylation is 1. The van der Waals surface area contributed by atoms with Crippen molar-refractivity contribution in [1.82, 2.24) is 20.0 Å². The number of para-hydroxylation sites is 1. The first-order chi connectivity index (χ1) is 16.1. The van der Waals surface area contributed by atoms with E-state index in [0.717, 1.165) is 17.1 Å². The van der Waals surface area contributed by atoms with Crippen LogP contribution in [-0.2, 0) is 16.0 Å². The average molecular weight is 447 g/mol. The molecule has 0 spiro atoms. The van der Waals surface area contributed by atoms with Crippen LogP contribution >= 0.6 is 0 Å². The van der Waals surface area contributed by atoms with Crippen molar-refractivity contribution < 1.29 is 14.1 Å². The summed E-state index contributed by atoms with van der Waals surface area (Å²) in [7, 11) is 0. The van der Waals surface area contributed by atoms with Gasteiger partial charge in [-0.3, -0.25) is 9.59 Å². The summed E-state index contributed by atoms with van der Waals surface area (Å²) in [5, 5.41) is 3.99. The Morgan fingerprint density at radius 2 is 1.88 bits per heavy atom. The van der Waals surface area contributed by atoms with Crippen molar-refractivity contribution in [3.8, 4) is 11.4 Å². The summed E-state index contributed by atoms with van der Waals surface area (Å²) in [4.78, 5) is 40.2. The first-order valence-corrected chi connectivity index (χ1v) is 11.3. The highest BCUT2D eigenvalue weighted by atomic mass is 16.5. The van der Waals surface area contributed by atoms with Gasteiger partial charge in [0.25, 0.3) is 0 Å². The predicted octanol–water partition coefficient (Wildman–Crippen LogP) is 2.40. The second-order valence-electron chi connectivity index (χ2n) is 8.32. The third-order valence-corrected chi connectivity index (χ3v) is 6.23. The molecule has 9 heteroatoms. The number of piperazine rings is 1. The van der Waals surface area contributed by atoms with E-state index in [4.69, 9.17) is 4.52 Å². The van der Waals surface area contributed by atoms with E-state index in [2.05, 4.69) is 20.0 Å². The number of pyridine rings is 1. The number of benzene rings is 1. The summed E-state index contributed by atoms with van der Waals surface area (Å²) in [6.45, 7) is 5.03. The van der Waals surface area contributed by atoms with Crippen molar-refractivity contribution in [3.63, 3.8) is 0 Å². The monoisotopic (exact) mass is 446 g/mol. The molecule has 2 aromatic heterocycles. The summed E-state index contributed by atoms with van der Waals surface area (Å²) < 4.78 is 5.17. The van der Waals surface area contributed by atoms with Crippen molar-refractivity contribution in [2.24, 2.45) is 5.92 Å². The zero-order valence-electron chi connectivity index (χ0n) is 18.6. The largest absolute Gasteiger partial charge is 0.353 e. The van der Waals surface area contributed by atoms with E-state index in [9.17, 15) is 9.59 Å². The molecule has 3 aromatic rings. The van der Waals surface area contributed by atoms with Crippen LogP contribution in [0.1, 0.15) is 19.2 Å². The van der Waals surface area contributed by atoms with E-state index < -0.39 is 0 Å². The number of anilines is 2. The van der Waals surface area contributed by atoms with E-state index in [1.54, 1.807) is 11.1 Å². The standard InChI is InChI=1S/C24H26N6O3/c1-2-21-26-23(27-33-21)17-8-9-20(25-15-17)28-10-12-29(13-11-28)24(32)18-14-22(31)30(16-18)19-6-4-3-5-7-19/h3-9,15,18H,2,10-14,16H2,1H3/t18-/m1/s1. The van der Waals surface area contributed by atoms with Gasteiger partial charge in [-0.25, -0.2) is 4.98 Å². The molecule has 2 aliphatic heterocycles. The summed E-state index contributed by atoms with van der Waals surface area (Å²) >= 11 is 0. The maximum Gasteiger partial charge on any atom is 0.228 e. The fraction of sp³-hybridized carbons (Fsp3) is 0.375. The normalized spacial score (nSPS) is 18.8. The Balaban J connectivity index is 1.17. The number of nitrogens with zero attached hydrogens (tertiary/aromatic N) is 6. The van der Waals surface area contributed by atoms with Crippen LogP contribution in [0.4, 0.5) is 11.5 Å². The van der Waals surface area contributed by atoms with Gasteiger partial charge in [0.2, 0.25) is 23.5 Å². The van der Waals surface area contributed by atoms with Crippen LogP contribution in [0.2, 0.25) is 0 Å². The summed E-state index contributed by atoms with van der Waals surface area (Å²) in [5.74, 6) is 1.78. The first-order valence-electron chi connectivity index (χ1n) is 11.3. The second kappa shape index (κ2) is 9.01. The van der Waals surface area contributed by atoms with Crippen molar-refractivity contribution >= 4 is 23.3 Å². The lowest BCUT2D eigenvalue weighted by atomic mass is 10.1. The van der Waals surface area contributed by atoms with Gasteiger partial charge in [0.05, 0.1) is 5.92 Å². The van der Waals surface area contributed by atoms with E-state index >= 15 is 0 Å². The molecule has 0 saturated carbocycles. The van der Waals surface area contributed by atoms with E-state index in [1.807, 2.05) is 54.3 Å². The maximum atomic E-state index is 13.1. The Morgan fingerprint density at radius 1 is 1.09 bits per heavy atom. The molecule has 0 unspecified atom stereocenters. The highest BCUT2D eigenvalue weighted by Gasteiger charge is 2.38. The Kier molecular flexibility index (Phi) is 5.77. The lowest BCUT2D eigenvalue weighted by molar-refractivity contribution is -0.136. The Hall–Kier alpha value is -3.75. The van der Waals surface area contributed by atoms with Gasteiger partial charge in [-0.1, -0.05) is 30.3 Å². The smallest absolute Gasteiger partial charge is 0.228 e. The van der Waals surface area contributed by atoms with Gasteiger partial charge in [-0.2, -0.15) is 4.98 Å². The van der Waals surface area contributed by atoms with Gasteiger partial charge in [-0.05, 0) is 24.3 Å².